The second-order valence-electron chi connectivity index (χ2n) is 19.0. The van der Waals surface area contributed by atoms with Gasteiger partial charge >= 0.3 is 0 Å². The lowest BCUT2D eigenvalue weighted by Gasteiger charge is -2.28. The van der Waals surface area contributed by atoms with Crippen LogP contribution in [0.4, 0.5) is 17.1 Å². The average Bonchev–Trinajstić information content (AvgIpc) is 3.88. The summed E-state index contributed by atoms with van der Waals surface area (Å²) in [6.07, 6.45) is 0. The van der Waals surface area contributed by atoms with Crippen LogP contribution in [-0.4, -0.2) is 14.5 Å². The molecule has 13 rings (SSSR count). The zero-order chi connectivity index (χ0) is 47.5. The molecule has 2 heterocycles. The topological polar surface area (TPSA) is 34.0 Å². The Labute approximate surface area is 414 Å². The molecule has 2 aromatic heterocycles. The van der Waals surface area contributed by atoms with Crippen molar-refractivity contribution in [1.29, 1.82) is 0 Å². The van der Waals surface area contributed by atoms with Crippen molar-refractivity contribution in [3.63, 3.8) is 0 Å². The third kappa shape index (κ3) is 7.31. The summed E-state index contributed by atoms with van der Waals surface area (Å²) in [5.41, 5.74) is 21.2. The number of fused-ring (bicyclic) bond motifs is 6. The van der Waals surface area contributed by atoms with Gasteiger partial charge in [0.05, 0.1) is 28.1 Å². The third-order valence-electron chi connectivity index (χ3n) is 14.4. The van der Waals surface area contributed by atoms with Gasteiger partial charge in [0, 0.05) is 44.3 Å². The first-order valence-electron chi connectivity index (χ1n) is 24.4. The van der Waals surface area contributed by atoms with Gasteiger partial charge in [-0.2, -0.15) is 0 Å². The zero-order valence-electron chi connectivity index (χ0n) is 39.5. The second-order valence-corrected chi connectivity index (χ2v) is 19.0. The molecule has 336 valence electrons. The number of para-hydroxylation sites is 1. The Balaban J connectivity index is 1.01. The first kappa shape index (κ1) is 42.0. The number of aromatic nitrogens is 3. The molecule has 0 unspecified atom stereocenters. The largest absolute Gasteiger partial charge is 0.310 e. The maximum Gasteiger partial charge on any atom is 0.235 e. The van der Waals surface area contributed by atoms with Crippen LogP contribution >= 0.6 is 0 Å². The summed E-state index contributed by atoms with van der Waals surface area (Å²) < 4.78 is 2.30. The summed E-state index contributed by atoms with van der Waals surface area (Å²) in [7, 11) is 0. The number of nitrogens with zero attached hydrogens (tertiary/aromatic N) is 4. The van der Waals surface area contributed by atoms with Gasteiger partial charge < -0.3 is 4.90 Å². The molecule has 4 nitrogen and oxygen atoms in total. The Kier molecular flexibility index (Phi) is 10.1. The van der Waals surface area contributed by atoms with E-state index in [9.17, 15) is 0 Å². The first-order valence-corrected chi connectivity index (χ1v) is 24.4. The highest BCUT2D eigenvalue weighted by Crippen LogP contribution is 2.51. The molecule has 0 saturated heterocycles. The van der Waals surface area contributed by atoms with E-state index >= 15 is 0 Å². The van der Waals surface area contributed by atoms with Gasteiger partial charge in [0.1, 0.15) is 0 Å². The Bertz CT molecular complexity index is 3880. The summed E-state index contributed by atoms with van der Waals surface area (Å²) in [4.78, 5) is 13.2. The van der Waals surface area contributed by atoms with Crippen LogP contribution in [-0.2, 0) is 5.41 Å². The van der Waals surface area contributed by atoms with E-state index in [0.717, 1.165) is 78.1 Å². The summed E-state index contributed by atoms with van der Waals surface area (Å²) in [6, 6.07) is 91.6. The van der Waals surface area contributed by atoms with Crippen molar-refractivity contribution in [1.82, 2.24) is 14.5 Å². The SMILES string of the molecule is CC1(C)c2ccccc2-c2cc3c4cc(-c5cccc(N(c6ccc(-c7ccccc7)cc6)c6ccccc6-c6ccccc6)c5)ccc4n(-c4nc(-c5ccccc5)cc(-c5ccccc5)n4)c3cc21. The minimum Gasteiger partial charge on any atom is -0.310 e. The zero-order valence-corrected chi connectivity index (χ0v) is 39.5. The fourth-order valence-electron chi connectivity index (χ4n) is 10.9. The minimum absolute atomic E-state index is 0.193. The Morgan fingerprint density at radius 3 is 1.54 bits per heavy atom. The van der Waals surface area contributed by atoms with Crippen LogP contribution < -0.4 is 4.90 Å². The molecule has 1 aliphatic rings. The van der Waals surface area contributed by atoms with Gasteiger partial charge in [-0.3, -0.25) is 4.57 Å². The molecule has 0 saturated carbocycles. The van der Waals surface area contributed by atoms with Crippen LogP contribution in [0, 0.1) is 0 Å². The summed E-state index contributed by atoms with van der Waals surface area (Å²) >= 11 is 0. The smallest absolute Gasteiger partial charge is 0.235 e. The lowest BCUT2D eigenvalue weighted by molar-refractivity contribution is 0.661. The fraction of sp³-hybridized carbons (Fsp3) is 0.0448. The maximum absolute atomic E-state index is 5.41. The van der Waals surface area contributed by atoms with Gasteiger partial charge in [-0.05, 0) is 111 Å². The molecule has 0 spiro atoms. The number of hydrogen-bond acceptors (Lipinski definition) is 3. The van der Waals surface area contributed by atoms with E-state index < -0.39 is 0 Å². The quantitative estimate of drug-likeness (QED) is 0.145. The van der Waals surface area contributed by atoms with E-state index in [4.69, 9.17) is 9.97 Å². The normalized spacial score (nSPS) is 12.5. The molecule has 0 amide bonds. The number of hydrogen-bond donors (Lipinski definition) is 0. The van der Waals surface area contributed by atoms with Crippen molar-refractivity contribution >= 4 is 38.9 Å². The highest BCUT2D eigenvalue weighted by molar-refractivity contribution is 6.12. The average molecular weight is 909 g/mol. The van der Waals surface area contributed by atoms with Crippen molar-refractivity contribution in [3.05, 3.63) is 266 Å². The highest BCUT2D eigenvalue weighted by Gasteiger charge is 2.36. The van der Waals surface area contributed by atoms with E-state index in [-0.39, 0.29) is 5.41 Å². The highest BCUT2D eigenvalue weighted by atomic mass is 15.2. The molecule has 1 aliphatic carbocycles. The van der Waals surface area contributed by atoms with E-state index in [1.54, 1.807) is 0 Å². The number of rotatable bonds is 9. The van der Waals surface area contributed by atoms with Gasteiger partial charge in [0.2, 0.25) is 5.95 Å². The van der Waals surface area contributed by atoms with Crippen molar-refractivity contribution in [3.8, 4) is 73.0 Å². The van der Waals surface area contributed by atoms with Crippen LogP contribution in [0.3, 0.4) is 0 Å². The Morgan fingerprint density at radius 2 is 0.859 bits per heavy atom. The Morgan fingerprint density at radius 1 is 0.338 bits per heavy atom. The predicted octanol–water partition coefficient (Wildman–Crippen LogP) is 17.7. The van der Waals surface area contributed by atoms with E-state index in [2.05, 4.69) is 278 Å². The molecule has 71 heavy (non-hydrogen) atoms. The van der Waals surface area contributed by atoms with Gasteiger partial charge in [0.25, 0.3) is 0 Å². The van der Waals surface area contributed by atoms with Gasteiger partial charge in [-0.1, -0.05) is 208 Å². The lowest BCUT2D eigenvalue weighted by Crippen LogP contribution is -2.15. The van der Waals surface area contributed by atoms with Crippen molar-refractivity contribution in [2.24, 2.45) is 0 Å². The molecule has 0 aliphatic heterocycles. The molecule has 12 aromatic rings. The lowest BCUT2D eigenvalue weighted by atomic mass is 9.82. The van der Waals surface area contributed by atoms with E-state index in [1.165, 1.54) is 38.9 Å². The van der Waals surface area contributed by atoms with Crippen LogP contribution in [0.5, 0.6) is 0 Å². The van der Waals surface area contributed by atoms with E-state index in [0.29, 0.717) is 5.95 Å². The minimum atomic E-state index is -0.193. The third-order valence-corrected chi connectivity index (χ3v) is 14.4. The number of benzene rings is 10. The second kappa shape index (κ2) is 17.1. The molecule has 10 aromatic carbocycles. The van der Waals surface area contributed by atoms with Crippen molar-refractivity contribution < 1.29 is 0 Å². The molecule has 0 bridgehead atoms. The summed E-state index contributed by atoms with van der Waals surface area (Å²) in [5, 5.41) is 2.31. The van der Waals surface area contributed by atoms with Crippen LogP contribution in [0.2, 0.25) is 0 Å². The Hall–Kier alpha value is -9.12. The van der Waals surface area contributed by atoms with Crippen molar-refractivity contribution in [2.45, 2.75) is 19.3 Å². The maximum atomic E-state index is 5.41. The summed E-state index contributed by atoms with van der Waals surface area (Å²) in [6.45, 7) is 4.70. The molecular formula is C67H48N4. The van der Waals surface area contributed by atoms with Crippen LogP contribution in [0.15, 0.2) is 255 Å². The molecule has 0 radical (unpaired) electrons. The van der Waals surface area contributed by atoms with E-state index in [1.807, 2.05) is 0 Å². The van der Waals surface area contributed by atoms with Crippen molar-refractivity contribution in [2.75, 3.05) is 4.90 Å². The van der Waals surface area contributed by atoms with Crippen LogP contribution in [0.25, 0.3) is 94.8 Å². The van der Waals surface area contributed by atoms with Gasteiger partial charge in [-0.15, -0.1) is 0 Å². The summed E-state index contributed by atoms with van der Waals surface area (Å²) in [5.74, 6) is 0.638. The molecular weight excluding hydrogens is 861 g/mol. The first-order chi connectivity index (χ1) is 35.0. The fourth-order valence-corrected chi connectivity index (χ4v) is 10.9. The van der Waals surface area contributed by atoms with Gasteiger partial charge in [0.15, 0.2) is 0 Å². The predicted molar refractivity (Wildman–Crippen MR) is 296 cm³/mol. The monoisotopic (exact) mass is 908 g/mol. The van der Waals surface area contributed by atoms with Gasteiger partial charge in [-0.25, -0.2) is 9.97 Å². The molecule has 0 atom stereocenters. The standard InChI is InChI=1S/C67H48N4/c1-67(2)59-32-17-15-31-55(59)56-42-58-57-41-51(36-39-64(57)71(65(58)43-60(56)67)66-68-61(48-24-11-5-12-25-48)44-62(69-66)49-26-13-6-14-27-49)50-28-19-29-53(40-50)70(52-37-34-46(35-38-52)45-20-7-3-8-21-45)63-33-18-16-30-54(63)47-22-9-4-10-23-47/h3-44H,1-2H3. The molecule has 0 N–H and O–H groups in total. The molecule has 0 fully saturated rings. The van der Waals surface area contributed by atoms with Crippen LogP contribution in [0.1, 0.15) is 25.0 Å². The number of anilines is 3. The molecule has 4 heteroatoms.